The Morgan fingerprint density at radius 3 is 2.33 bits per heavy atom. The van der Waals surface area contributed by atoms with Gasteiger partial charge in [-0.15, -0.1) is 0 Å². The molecule has 1 unspecified atom stereocenters. The van der Waals surface area contributed by atoms with Crippen molar-refractivity contribution in [3.05, 3.63) is 102 Å². The van der Waals surface area contributed by atoms with Gasteiger partial charge >= 0.3 is 0 Å². The van der Waals surface area contributed by atoms with Crippen LogP contribution >= 0.6 is 0 Å². The summed E-state index contributed by atoms with van der Waals surface area (Å²) in [6, 6.07) is 21.6. The fourth-order valence-electron chi connectivity index (χ4n) is 3.72. The molecule has 1 amide bonds. The molecular formula is C27H29N5O. The number of carbonyl (C=O) groups is 1. The van der Waals surface area contributed by atoms with Crippen molar-refractivity contribution in [2.24, 2.45) is 7.05 Å². The molecule has 168 valence electrons. The van der Waals surface area contributed by atoms with Gasteiger partial charge in [0.2, 0.25) is 5.91 Å². The molecule has 0 saturated heterocycles. The van der Waals surface area contributed by atoms with Gasteiger partial charge in [0.05, 0.1) is 6.20 Å². The van der Waals surface area contributed by atoms with Crippen molar-refractivity contribution in [2.45, 2.75) is 25.8 Å². The second-order valence-electron chi connectivity index (χ2n) is 8.39. The third-order valence-electron chi connectivity index (χ3n) is 5.72. The van der Waals surface area contributed by atoms with Crippen LogP contribution in [-0.4, -0.2) is 27.2 Å². The largest absolute Gasteiger partial charge is 0.309 e. The van der Waals surface area contributed by atoms with Crippen LogP contribution in [0.1, 0.15) is 35.6 Å². The number of pyridine rings is 1. The topological polar surface area (TPSA) is 71.8 Å². The predicted molar refractivity (Wildman–Crippen MR) is 132 cm³/mol. The minimum Gasteiger partial charge on any atom is -0.309 e. The maximum Gasteiger partial charge on any atom is 0.247 e. The van der Waals surface area contributed by atoms with Crippen LogP contribution in [0.3, 0.4) is 0 Å². The molecule has 0 aliphatic rings. The number of aryl methyl sites for hydroxylation is 2. The Hall–Kier alpha value is -3.77. The molecule has 0 spiro atoms. The van der Waals surface area contributed by atoms with Crippen molar-refractivity contribution in [1.29, 1.82) is 0 Å². The van der Waals surface area contributed by atoms with E-state index in [2.05, 4.69) is 58.8 Å². The molecular weight excluding hydrogens is 410 g/mol. The zero-order chi connectivity index (χ0) is 23.2. The molecule has 2 aromatic heterocycles. The summed E-state index contributed by atoms with van der Waals surface area (Å²) >= 11 is 0. The SMILES string of the molecule is Cc1ccc(C(C)CN[C@@H](C(=O)Nc2ccc(-c3cnn(C)c3)cn2)c2ccccc2)cc1. The van der Waals surface area contributed by atoms with Gasteiger partial charge in [0.1, 0.15) is 11.9 Å². The average Bonchev–Trinajstić information content (AvgIpc) is 3.27. The maximum atomic E-state index is 13.2. The molecule has 0 bridgehead atoms. The molecule has 4 aromatic rings. The van der Waals surface area contributed by atoms with Crippen LogP contribution in [0.15, 0.2) is 85.3 Å². The number of anilines is 1. The van der Waals surface area contributed by atoms with E-state index in [1.807, 2.05) is 55.7 Å². The van der Waals surface area contributed by atoms with Gasteiger partial charge in [0.25, 0.3) is 0 Å². The Balaban J connectivity index is 1.46. The van der Waals surface area contributed by atoms with E-state index in [9.17, 15) is 4.79 Å². The summed E-state index contributed by atoms with van der Waals surface area (Å²) in [6.07, 6.45) is 5.47. The van der Waals surface area contributed by atoms with E-state index in [-0.39, 0.29) is 11.8 Å². The number of aromatic nitrogens is 3. The first kappa shape index (κ1) is 22.4. The highest BCUT2D eigenvalue weighted by atomic mass is 16.2. The second-order valence-corrected chi connectivity index (χ2v) is 8.39. The normalized spacial score (nSPS) is 12.8. The summed E-state index contributed by atoms with van der Waals surface area (Å²) in [5.74, 6) is 0.641. The first-order valence-corrected chi connectivity index (χ1v) is 11.1. The minimum absolute atomic E-state index is 0.140. The molecule has 0 radical (unpaired) electrons. The molecule has 2 aromatic carbocycles. The fourth-order valence-corrected chi connectivity index (χ4v) is 3.72. The Bertz CT molecular complexity index is 1180. The molecule has 6 heteroatoms. The summed E-state index contributed by atoms with van der Waals surface area (Å²) in [4.78, 5) is 17.7. The summed E-state index contributed by atoms with van der Waals surface area (Å²) in [7, 11) is 1.88. The molecule has 2 N–H and O–H groups in total. The minimum atomic E-state index is -0.487. The van der Waals surface area contributed by atoms with Gasteiger partial charge in [-0.2, -0.15) is 5.10 Å². The molecule has 0 saturated carbocycles. The Kier molecular flexibility index (Phi) is 6.95. The van der Waals surface area contributed by atoms with E-state index < -0.39 is 6.04 Å². The predicted octanol–water partition coefficient (Wildman–Crippen LogP) is 4.86. The Morgan fingerprint density at radius 1 is 0.939 bits per heavy atom. The van der Waals surface area contributed by atoms with E-state index in [0.29, 0.717) is 12.4 Å². The van der Waals surface area contributed by atoms with Gasteiger partial charge in [-0.25, -0.2) is 4.98 Å². The molecule has 0 aliphatic carbocycles. The van der Waals surface area contributed by atoms with Crippen LogP contribution in [0.5, 0.6) is 0 Å². The molecule has 0 aliphatic heterocycles. The van der Waals surface area contributed by atoms with Crippen molar-refractivity contribution in [3.63, 3.8) is 0 Å². The van der Waals surface area contributed by atoms with Crippen LogP contribution < -0.4 is 10.6 Å². The van der Waals surface area contributed by atoms with E-state index in [1.165, 1.54) is 11.1 Å². The lowest BCUT2D eigenvalue weighted by Crippen LogP contribution is -2.35. The smallest absolute Gasteiger partial charge is 0.247 e. The second kappa shape index (κ2) is 10.2. The maximum absolute atomic E-state index is 13.2. The number of hydrogen-bond acceptors (Lipinski definition) is 4. The van der Waals surface area contributed by atoms with Gasteiger partial charge in [-0.05, 0) is 36.1 Å². The van der Waals surface area contributed by atoms with E-state index in [0.717, 1.165) is 16.7 Å². The van der Waals surface area contributed by atoms with Crippen LogP contribution in [0.25, 0.3) is 11.1 Å². The summed E-state index contributed by atoms with van der Waals surface area (Å²) in [5, 5.41) is 10.6. The van der Waals surface area contributed by atoms with Gasteiger partial charge in [-0.1, -0.05) is 67.1 Å². The number of nitrogens with zero attached hydrogens (tertiary/aromatic N) is 3. The molecule has 33 heavy (non-hydrogen) atoms. The Morgan fingerprint density at radius 2 is 1.70 bits per heavy atom. The van der Waals surface area contributed by atoms with Gasteiger partial charge in [-0.3, -0.25) is 9.48 Å². The fraction of sp³-hybridized carbons (Fsp3) is 0.222. The standard InChI is InChI=1S/C27H29N5O/c1-19-9-11-21(12-10-19)20(2)15-29-26(22-7-5-4-6-8-22)27(33)31-25-14-13-23(16-28-25)24-17-30-32(3)18-24/h4-14,16-18,20,26,29H,15H2,1-3H3,(H,28,31,33)/t20?,26-/m1/s1. The third kappa shape index (κ3) is 5.73. The summed E-state index contributed by atoms with van der Waals surface area (Å²) in [5.41, 5.74) is 5.33. The van der Waals surface area contributed by atoms with Gasteiger partial charge < -0.3 is 10.6 Å². The van der Waals surface area contributed by atoms with E-state index in [4.69, 9.17) is 0 Å². The average molecular weight is 440 g/mol. The zero-order valence-corrected chi connectivity index (χ0v) is 19.2. The molecule has 2 heterocycles. The monoisotopic (exact) mass is 439 g/mol. The number of hydrogen-bond donors (Lipinski definition) is 2. The number of amides is 1. The highest BCUT2D eigenvalue weighted by molar-refractivity contribution is 5.95. The van der Waals surface area contributed by atoms with Crippen molar-refractivity contribution in [2.75, 3.05) is 11.9 Å². The van der Waals surface area contributed by atoms with Crippen molar-refractivity contribution < 1.29 is 4.79 Å². The Labute approximate surface area is 194 Å². The highest BCUT2D eigenvalue weighted by Crippen LogP contribution is 2.21. The number of carbonyl (C=O) groups excluding carboxylic acids is 1. The van der Waals surface area contributed by atoms with Gasteiger partial charge in [0.15, 0.2) is 0 Å². The van der Waals surface area contributed by atoms with Crippen LogP contribution in [0, 0.1) is 6.92 Å². The molecule has 2 atom stereocenters. The van der Waals surface area contributed by atoms with Crippen molar-refractivity contribution in [1.82, 2.24) is 20.1 Å². The van der Waals surface area contributed by atoms with Crippen LogP contribution in [-0.2, 0) is 11.8 Å². The highest BCUT2D eigenvalue weighted by Gasteiger charge is 2.21. The van der Waals surface area contributed by atoms with Gasteiger partial charge in [0, 0.05) is 37.1 Å². The molecule has 0 fully saturated rings. The number of benzene rings is 2. The lowest BCUT2D eigenvalue weighted by Gasteiger charge is -2.21. The van der Waals surface area contributed by atoms with E-state index in [1.54, 1.807) is 17.1 Å². The first-order chi connectivity index (χ1) is 16.0. The van der Waals surface area contributed by atoms with Crippen LogP contribution in [0.2, 0.25) is 0 Å². The number of rotatable bonds is 8. The van der Waals surface area contributed by atoms with Crippen LogP contribution in [0.4, 0.5) is 5.82 Å². The summed E-state index contributed by atoms with van der Waals surface area (Å²) < 4.78 is 1.75. The third-order valence-corrected chi connectivity index (χ3v) is 5.72. The lowest BCUT2D eigenvalue weighted by atomic mass is 9.98. The molecule has 4 rings (SSSR count). The molecule has 6 nitrogen and oxygen atoms in total. The lowest BCUT2D eigenvalue weighted by molar-refractivity contribution is -0.118. The summed E-state index contributed by atoms with van der Waals surface area (Å²) in [6.45, 7) is 4.92. The number of nitrogens with one attached hydrogen (secondary N) is 2. The van der Waals surface area contributed by atoms with E-state index >= 15 is 0 Å². The quantitative estimate of drug-likeness (QED) is 0.411. The van der Waals surface area contributed by atoms with Crippen molar-refractivity contribution in [3.8, 4) is 11.1 Å². The van der Waals surface area contributed by atoms with Crippen molar-refractivity contribution >= 4 is 11.7 Å². The zero-order valence-electron chi connectivity index (χ0n) is 19.2. The first-order valence-electron chi connectivity index (χ1n) is 11.1.